The molecule has 2 unspecified atom stereocenters. The van der Waals surface area contributed by atoms with Crippen molar-refractivity contribution in [1.29, 1.82) is 0 Å². The Morgan fingerprint density at radius 2 is 2.06 bits per heavy atom. The maximum absolute atomic E-state index is 11.2. The minimum absolute atomic E-state index is 0.160. The van der Waals surface area contributed by atoms with Crippen LogP contribution in [0.25, 0.3) is 0 Å². The van der Waals surface area contributed by atoms with Gasteiger partial charge in [-0.05, 0) is 24.3 Å². The fourth-order valence-corrected chi connectivity index (χ4v) is 1.72. The van der Waals surface area contributed by atoms with E-state index in [1.54, 1.807) is 7.11 Å². The maximum atomic E-state index is 11.2. The van der Waals surface area contributed by atoms with Gasteiger partial charge < -0.3 is 26.4 Å². The molecule has 0 saturated carbocycles. The molecule has 1 saturated heterocycles. The van der Waals surface area contributed by atoms with Crippen molar-refractivity contribution in [2.24, 2.45) is 5.73 Å². The summed E-state index contributed by atoms with van der Waals surface area (Å²) in [5, 5.41) is 8.52. The Labute approximate surface area is 99.5 Å². The molecule has 1 aliphatic heterocycles. The quantitative estimate of drug-likeness (QED) is 0.612. The lowest BCUT2D eigenvalue weighted by Crippen LogP contribution is -2.59. The van der Waals surface area contributed by atoms with E-state index in [4.69, 9.17) is 10.5 Å². The Hall–Kier alpha value is -1.95. The summed E-state index contributed by atoms with van der Waals surface area (Å²) in [7, 11) is 1.62. The van der Waals surface area contributed by atoms with Gasteiger partial charge >= 0.3 is 6.03 Å². The van der Waals surface area contributed by atoms with Crippen LogP contribution in [0, 0.1) is 0 Å². The average molecular weight is 236 g/mol. The number of hydrogen-bond acceptors (Lipinski definition) is 4. The van der Waals surface area contributed by atoms with Crippen LogP contribution in [-0.4, -0.2) is 25.5 Å². The van der Waals surface area contributed by atoms with Gasteiger partial charge in [-0.1, -0.05) is 0 Å². The van der Waals surface area contributed by atoms with Crippen LogP contribution in [0.4, 0.5) is 10.5 Å². The van der Waals surface area contributed by atoms with E-state index in [1.165, 1.54) is 0 Å². The van der Waals surface area contributed by atoms with Gasteiger partial charge in [0.25, 0.3) is 0 Å². The smallest absolute Gasteiger partial charge is 0.317 e. The number of carbonyl (C=O) groups is 1. The highest BCUT2D eigenvalue weighted by atomic mass is 16.5. The third kappa shape index (κ3) is 3.01. The molecule has 5 N–H and O–H groups in total. The van der Waals surface area contributed by atoms with Gasteiger partial charge in [-0.25, -0.2) is 4.79 Å². The van der Waals surface area contributed by atoms with Gasteiger partial charge in [-0.2, -0.15) is 0 Å². The van der Waals surface area contributed by atoms with Gasteiger partial charge in [0.2, 0.25) is 0 Å². The fourth-order valence-electron chi connectivity index (χ4n) is 1.72. The summed E-state index contributed by atoms with van der Waals surface area (Å²) in [4.78, 5) is 11.2. The molecule has 17 heavy (non-hydrogen) atoms. The third-order valence-electron chi connectivity index (χ3n) is 2.54. The molecule has 6 nitrogen and oxygen atoms in total. The van der Waals surface area contributed by atoms with Crippen LogP contribution in [0.15, 0.2) is 24.3 Å². The zero-order valence-electron chi connectivity index (χ0n) is 9.57. The van der Waals surface area contributed by atoms with Crippen molar-refractivity contribution >= 4 is 11.7 Å². The molecule has 0 aromatic heterocycles. The molecule has 2 atom stereocenters. The SMILES string of the molecule is COc1ccc(NC2CC(N)NC(=O)N2)cc1. The van der Waals surface area contributed by atoms with Gasteiger partial charge in [0.05, 0.1) is 13.3 Å². The molecule has 2 rings (SSSR count). The van der Waals surface area contributed by atoms with Crippen LogP contribution < -0.4 is 26.4 Å². The largest absolute Gasteiger partial charge is 0.497 e. The Morgan fingerprint density at radius 1 is 1.35 bits per heavy atom. The molecular weight excluding hydrogens is 220 g/mol. The Bertz CT molecular complexity index is 393. The van der Waals surface area contributed by atoms with Crippen molar-refractivity contribution in [2.75, 3.05) is 12.4 Å². The van der Waals surface area contributed by atoms with Crippen molar-refractivity contribution in [3.8, 4) is 5.75 Å². The van der Waals surface area contributed by atoms with Crippen LogP contribution in [0.1, 0.15) is 6.42 Å². The normalized spacial score (nSPS) is 23.5. The van der Waals surface area contributed by atoms with Crippen molar-refractivity contribution in [1.82, 2.24) is 10.6 Å². The maximum Gasteiger partial charge on any atom is 0.317 e. The van der Waals surface area contributed by atoms with E-state index in [-0.39, 0.29) is 18.4 Å². The van der Waals surface area contributed by atoms with E-state index in [0.717, 1.165) is 11.4 Å². The first-order valence-electron chi connectivity index (χ1n) is 5.40. The summed E-state index contributed by atoms with van der Waals surface area (Å²) in [5.74, 6) is 0.793. The molecule has 0 spiro atoms. The summed E-state index contributed by atoms with van der Waals surface area (Å²) < 4.78 is 5.07. The van der Waals surface area contributed by atoms with Crippen molar-refractivity contribution < 1.29 is 9.53 Å². The monoisotopic (exact) mass is 236 g/mol. The second-order valence-corrected chi connectivity index (χ2v) is 3.89. The molecule has 1 aromatic rings. The summed E-state index contributed by atoms with van der Waals surface area (Å²) in [6.45, 7) is 0. The lowest BCUT2D eigenvalue weighted by molar-refractivity contribution is 0.222. The van der Waals surface area contributed by atoms with Crippen LogP contribution in [0.5, 0.6) is 5.75 Å². The molecule has 1 heterocycles. The second kappa shape index (κ2) is 4.92. The highest BCUT2D eigenvalue weighted by Crippen LogP contribution is 2.16. The van der Waals surface area contributed by atoms with Crippen molar-refractivity contribution in [3.63, 3.8) is 0 Å². The number of hydrogen-bond donors (Lipinski definition) is 4. The van der Waals surface area contributed by atoms with E-state index in [0.29, 0.717) is 6.42 Å². The molecular formula is C11H16N4O2. The molecule has 1 aromatic carbocycles. The van der Waals surface area contributed by atoms with E-state index in [2.05, 4.69) is 16.0 Å². The minimum atomic E-state index is -0.320. The number of methoxy groups -OCH3 is 1. The fraction of sp³-hybridized carbons (Fsp3) is 0.364. The number of nitrogens with one attached hydrogen (secondary N) is 3. The Kier molecular flexibility index (Phi) is 3.34. The number of carbonyl (C=O) groups excluding carboxylic acids is 1. The van der Waals surface area contributed by atoms with Gasteiger partial charge in [0.15, 0.2) is 0 Å². The molecule has 1 fully saturated rings. The van der Waals surface area contributed by atoms with Crippen molar-refractivity contribution in [3.05, 3.63) is 24.3 Å². The lowest BCUT2D eigenvalue weighted by atomic mass is 10.2. The van der Waals surface area contributed by atoms with Crippen molar-refractivity contribution in [2.45, 2.75) is 18.8 Å². The van der Waals surface area contributed by atoms with Crippen LogP contribution >= 0.6 is 0 Å². The number of amides is 2. The van der Waals surface area contributed by atoms with E-state index in [9.17, 15) is 4.79 Å². The predicted molar refractivity (Wildman–Crippen MR) is 64.7 cm³/mol. The van der Waals surface area contributed by atoms with Gasteiger partial charge in [-0.15, -0.1) is 0 Å². The molecule has 1 aliphatic rings. The molecule has 0 aliphatic carbocycles. The minimum Gasteiger partial charge on any atom is -0.497 e. The predicted octanol–water partition coefficient (Wildman–Crippen LogP) is 0.421. The van der Waals surface area contributed by atoms with Gasteiger partial charge in [0, 0.05) is 12.1 Å². The molecule has 0 radical (unpaired) electrons. The van der Waals surface area contributed by atoms with Gasteiger partial charge in [0.1, 0.15) is 11.9 Å². The number of rotatable bonds is 3. The molecule has 92 valence electrons. The first-order valence-corrected chi connectivity index (χ1v) is 5.40. The topological polar surface area (TPSA) is 88.4 Å². The number of urea groups is 1. The van der Waals surface area contributed by atoms with Gasteiger partial charge in [-0.3, -0.25) is 0 Å². The lowest BCUT2D eigenvalue weighted by Gasteiger charge is -2.30. The Balaban J connectivity index is 1.97. The summed E-state index contributed by atoms with van der Waals surface area (Å²) in [6, 6.07) is 7.22. The first kappa shape index (κ1) is 11.5. The summed E-state index contributed by atoms with van der Waals surface area (Å²) in [6.07, 6.45) is 0.143. The molecule has 6 heteroatoms. The number of nitrogens with two attached hydrogens (primary N) is 1. The van der Waals surface area contributed by atoms with E-state index < -0.39 is 0 Å². The van der Waals surface area contributed by atoms with Crippen LogP contribution in [0.2, 0.25) is 0 Å². The Morgan fingerprint density at radius 3 is 2.65 bits per heavy atom. The standard InChI is InChI=1S/C11H16N4O2/c1-17-8-4-2-7(3-5-8)13-10-6-9(12)14-11(16)15-10/h2-5,9-10,13H,6,12H2,1H3,(H2,14,15,16). The summed E-state index contributed by atoms with van der Waals surface area (Å²) in [5.41, 5.74) is 6.59. The van der Waals surface area contributed by atoms with E-state index in [1.807, 2.05) is 24.3 Å². The second-order valence-electron chi connectivity index (χ2n) is 3.89. The zero-order chi connectivity index (χ0) is 12.3. The highest BCUT2D eigenvalue weighted by Gasteiger charge is 2.22. The molecule has 0 bridgehead atoms. The third-order valence-corrected chi connectivity index (χ3v) is 2.54. The highest BCUT2D eigenvalue weighted by molar-refractivity contribution is 5.75. The summed E-state index contributed by atoms with van der Waals surface area (Å²) >= 11 is 0. The van der Waals surface area contributed by atoms with E-state index >= 15 is 0 Å². The number of benzene rings is 1. The van der Waals surface area contributed by atoms with Crippen LogP contribution in [-0.2, 0) is 0 Å². The number of anilines is 1. The zero-order valence-corrected chi connectivity index (χ0v) is 9.57. The number of ether oxygens (including phenoxy) is 1. The first-order chi connectivity index (χ1) is 8.17. The van der Waals surface area contributed by atoms with Crippen LogP contribution in [0.3, 0.4) is 0 Å². The molecule has 2 amide bonds. The average Bonchev–Trinajstić information content (AvgIpc) is 2.28.